The van der Waals surface area contributed by atoms with Crippen molar-refractivity contribution < 1.29 is 44.2 Å². The number of hydrogen-bond donors (Lipinski definition) is 4. The molecule has 398 valence electrons. The number of nitrogens with zero attached hydrogens (tertiary/aromatic N) is 3. The second-order valence-corrected chi connectivity index (χ2v) is 26.5. The zero-order valence-electron chi connectivity index (χ0n) is 45.3. The van der Waals surface area contributed by atoms with E-state index < -0.39 is 73.0 Å². The summed E-state index contributed by atoms with van der Waals surface area (Å²) in [4.78, 5) is 34.2. The van der Waals surface area contributed by atoms with Gasteiger partial charge in [0.2, 0.25) is 0 Å². The number of ether oxygens (including phenoxy) is 3. The van der Waals surface area contributed by atoms with Crippen LogP contribution in [-0.4, -0.2) is 148 Å². The molecule has 1 amide bonds. The van der Waals surface area contributed by atoms with Crippen LogP contribution in [-0.2, 0) is 30.3 Å². The summed E-state index contributed by atoms with van der Waals surface area (Å²) in [6, 6.07) is 30.0. The maximum absolute atomic E-state index is 14.6. The number of cyclic esters (lactones) is 1. The van der Waals surface area contributed by atoms with Gasteiger partial charge in [-0.1, -0.05) is 20.8 Å². The first-order chi connectivity index (χ1) is 33.5. The Hall–Kier alpha value is -3.29. The SMILES string of the molecule is CC[C@H]1OC(=O)[C@H](C)C[C@H](C)[C@@H](O[C@@H]2O[C@H](C)C[C@H](N(C)C)[C@H]2O)[C@](C)(O)C[C@@H](C)CN(C(=O)CCCCCCC[PH](c2ccccc2)(c2ccccc2)c2ccccc2CN(C)C)[C@H](C)[C@@H](O)[C@]1(C)O. The fourth-order valence-corrected chi connectivity index (χ4v) is 17.2. The van der Waals surface area contributed by atoms with E-state index in [1.807, 2.05) is 39.8 Å². The van der Waals surface area contributed by atoms with Crippen LogP contribution in [0.3, 0.4) is 0 Å². The fraction of sp³-hybridized carbons (Fsp3) is 0.655. The predicted octanol–water partition coefficient (Wildman–Crippen LogP) is 7.03. The normalized spacial score (nSPS) is 32.0. The molecule has 0 saturated carbocycles. The van der Waals surface area contributed by atoms with Crippen molar-refractivity contribution in [3.8, 4) is 0 Å². The molecule has 3 aromatic carbocycles. The van der Waals surface area contributed by atoms with Gasteiger partial charge in [-0.05, 0) is 60.0 Å². The van der Waals surface area contributed by atoms with E-state index in [4.69, 9.17) is 14.2 Å². The van der Waals surface area contributed by atoms with Crippen LogP contribution in [0.5, 0.6) is 0 Å². The van der Waals surface area contributed by atoms with Gasteiger partial charge < -0.3 is 34.4 Å². The number of carbonyl (C=O) groups excluding carboxylic acids is 2. The van der Waals surface area contributed by atoms with Crippen LogP contribution in [0.15, 0.2) is 84.9 Å². The number of amides is 1. The van der Waals surface area contributed by atoms with Crippen molar-refractivity contribution in [1.29, 1.82) is 0 Å². The Morgan fingerprint density at radius 3 is 1.99 bits per heavy atom. The topological polar surface area (TPSA) is 152 Å². The molecule has 0 aliphatic carbocycles. The minimum atomic E-state index is -2.47. The molecule has 13 heteroatoms. The number of aliphatic hydroxyl groups is 4. The standard InChI is InChI=1S/C58H92N3O9P/c1-13-50-58(8,67)53(64)44(6)61(38-40(2)37-57(7,66)54(41(3)35-42(4)55(65)69-50)70-56-52(63)48(60(11)12)36-43(5)68-56)51(62)33-23-15-14-16-26-34-71(46-28-19-17-20-29-46,47-30-21-18-22-31-47)49-32-25-24-27-45(49)39-59(9)10/h17-22,24-25,27-32,40-44,48,50,52-54,56,63-64,66-67,71H,13-16,23,26,33-39H2,1-12H3/t40-,41+,42-,43-,44-,48+,50-,52-,53-,54-,56+,57-,58-/m1/s1. The van der Waals surface area contributed by atoms with Crippen LogP contribution in [0.4, 0.5) is 0 Å². The molecule has 2 fully saturated rings. The molecule has 0 bridgehead atoms. The third-order valence-corrected chi connectivity index (χ3v) is 20.8. The summed E-state index contributed by atoms with van der Waals surface area (Å²) < 4.78 is 18.9. The van der Waals surface area contributed by atoms with Gasteiger partial charge in [-0.25, -0.2) is 0 Å². The zero-order chi connectivity index (χ0) is 52.3. The maximum atomic E-state index is 14.6. The Balaban J connectivity index is 1.35. The van der Waals surface area contributed by atoms with Crippen molar-refractivity contribution in [2.45, 2.75) is 186 Å². The first kappa shape index (κ1) is 58.6. The van der Waals surface area contributed by atoms with Crippen LogP contribution in [0.1, 0.15) is 125 Å². The van der Waals surface area contributed by atoms with Gasteiger partial charge in [-0.2, -0.15) is 0 Å². The van der Waals surface area contributed by atoms with Crippen molar-refractivity contribution in [3.05, 3.63) is 90.5 Å². The third kappa shape index (κ3) is 14.7. The minimum Gasteiger partial charge on any atom is -0.383 e. The molecular weight excluding hydrogens is 914 g/mol. The first-order valence-corrected chi connectivity index (χ1v) is 28.9. The summed E-state index contributed by atoms with van der Waals surface area (Å²) in [7, 11) is 5.60. The average Bonchev–Trinajstić information content (AvgIpc) is 3.32. The van der Waals surface area contributed by atoms with Gasteiger partial charge in [0.05, 0.1) is 23.7 Å². The summed E-state index contributed by atoms with van der Waals surface area (Å²) >= 11 is 0. The molecule has 0 aromatic heterocycles. The quantitative estimate of drug-likeness (QED) is 0.0627. The van der Waals surface area contributed by atoms with Crippen LogP contribution >= 0.6 is 7.26 Å². The summed E-state index contributed by atoms with van der Waals surface area (Å²) in [6.07, 6.45) is 1.54. The van der Waals surface area contributed by atoms with E-state index in [9.17, 15) is 30.0 Å². The van der Waals surface area contributed by atoms with Gasteiger partial charge in [-0.15, -0.1) is 0 Å². The van der Waals surface area contributed by atoms with E-state index in [1.165, 1.54) is 28.4 Å². The van der Waals surface area contributed by atoms with Gasteiger partial charge in [-0.3, -0.25) is 4.79 Å². The van der Waals surface area contributed by atoms with E-state index in [0.29, 0.717) is 12.8 Å². The predicted molar refractivity (Wildman–Crippen MR) is 289 cm³/mol. The summed E-state index contributed by atoms with van der Waals surface area (Å²) in [5.41, 5.74) is -2.01. The van der Waals surface area contributed by atoms with Gasteiger partial charge in [0.1, 0.15) is 12.2 Å². The van der Waals surface area contributed by atoms with E-state index in [-0.39, 0.29) is 56.2 Å². The number of unbranched alkanes of at least 4 members (excludes halogenated alkanes) is 4. The van der Waals surface area contributed by atoms with Crippen LogP contribution in [0.2, 0.25) is 0 Å². The summed E-state index contributed by atoms with van der Waals surface area (Å²) in [5, 5.41) is 52.3. The van der Waals surface area contributed by atoms with Crippen molar-refractivity contribution in [2.24, 2.45) is 17.8 Å². The monoisotopic (exact) mass is 1010 g/mol. The Bertz CT molecular complexity index is 2050. The minimum absolute atomic E-state index is 0.150. The number of aliphatic hydroxyl groups excluding tert-OH is 2. The molecule has 4 N–H and O–H groups in total. The Kier molecular flexibility index (Phi) is 21.7. The molecular formula is C58H92N3O9P. The van der Waals surface area contributed by atoms with Crippen molar-refractivity contribution >= 4 is 35.1 Å². The Morgan fingerprint density at radius 2 is 1.39 bits per heavy atom. The molecule has 0 radical (unpaired) electrons. The van der Waals surface area contributed by atoms with Crippen LogP contribution in [0, 0.1) is 17.8 Å². The van der Waals surface area contributed by atoms with Gasteiger partial charge in [0.15, 0.2) is 6.29 Å². The second-order valence-electron chi connectivity index (χ2n) is 22.5. The Labute approximate surface area is 427 Å². The van der Waals surface area contributed by atoms with E-state index >= 15 is 0 Å². The second kappa shape index (κ2) is 26.3. The molecule has 5 rings (SSSR count). The summed E-state index contributed by atoms with van der Waals surface area (Å²) in [6.45, 7) is 15.4. The molecule has 2 aliphatic rings. The van der Waals surface area contributed by atoms with E-state index in [0.717, 1.165) is 38.4 Å². The number of hydrogen-bond acceptors (Lipinski definition) is 11. The molecule has 12 nitrogen and oxygen atoms in total. The van der Waals surface area contributed by atoms with Crippen molar-refractivity contribution in [2.75, 3.05) is 40.9 Å². The number of carbonyl (C=O) groups is 2. The van der Waals surface area contributed by atoms with E-state index in [1.54, 1.807) is 32.6 Å². The summed E-state index contributed by atoms with van der Waals surface area (Å²) in [5.74, 6) is -2.05. The van der Waals surface area contributed by atoms with Crippen LogP contribution < -0.4 is 15.9 Å². The molecule has 2 saturated heterocycles. The van der Waals surface area contributed by atoms with Gasteiger partial charge in [0, 0.05) is 6.04 Å². The molecule has 2 aliphatic heterocycles. The zero-order valence-corrected chi connectivity index (χ0v) is 46.3. The van der Waals surface area contributed by atoms with Gasteiger partial charge >= 0.3 is 261 Å². The van der Waals surface area contributed by atoms with Crippen molar-refractivity contribution in [1.82, 2.24) is 14.7 Å². The first-order valence-electron chi connectivity index (χ1n) is 26.7. The molecule has 71 heavy (non-hydrogen) atoms. The fourth-order valence-electron chi connectivity index (χ4n) is 12.0. The molecule has 3 aromatic rings. The molecule has 2 heterocycles. The van der Waals surface area contributed by atoms with Crippen molar-refractivity contribution in [3.63, 3.8) is 0 Å². The molecule has 0 spiro atoms. The van der Waals surface area contributed by atoms with Crippen LogP contribution in [0.25, 0.3) is 0 Å². The number of benzene rings is 3. The average molecular weight is 1010 g/mol. The van der Waals surface area contributed by atoms with E-state index in [2.05, 4.69) is 104 Å². The third-order valence-electron chi connectivity index (χ3n) is 15.7. The molecule has 13 atom stereocenters. The molecule has 0 unspecified atom stereocenters. The van der Waals surface area contributed by atoms with Gasteiger partial charge in [0.25, 0.3) is 0 Å². The number of likely N-dealkylation sites (N-methyl/N-ethyl adjacent to an activating group) is 1. The smallest absolute Gasteiger partial charge is 0.383 e. The Morgan fingerprint density at radius 1 is 0.817 bits per heavy atom. The number of esters is 1. The number of rotatable bonds is 17.